The molecule has 3 aliphatic rings. The van der Waals surface area contributed by atoms with Crippen LogP contribution in [0.3, 0.4) is 0 Å². The number of fused-ring (bicyclic) bond motifs is 1. The molecule has 0 unspecified atom stereocenters. The first-order valence-electron chi connectivity index (χ1n) is 16.8. The Morgan fingerprint density at radius 2 is 1.76 bits per heavy atom. The van der Waals surface area contributed by atoms with Gasteiger partial charge in [0, 0.05) is 35.6 Å². The second-order valence-corrected chi connectivity index (χ2v) is 14.3. The number of benzene rings is 1. The van der Waals surface area contributed by atoms with Crippen molar-refractivity contribution in [2.75, 3.05) is 19.6 Å². The molecule has 0 bridgehead atoms. The molecule has 246 valence electrons. The monoisotopic (exact) mass is 665 g/mol. The van der Waals surface area contributed by atoms with E-state index in [9.17, 15) is 14.4 Å². The van der Waals surface area contributed by atoms with E-state index in [1.54, 1.807) is 40.6 Å². The van der Waals surface area contributed by atoms with Gasteiger partial charge in [-0.3, -0.25) is 14.6 Å². The average Bonchev–Trinajstić information content (AvgIpc) is 3.62. The van der Waals surface area contributed by atoms with Crippen LogP contribution in [0, 0.1) is 5.92 Å². The van der Waals surface area contributed by atoms with Gasteiger partial charge in [0.1, 0.15) is 11.6 Å². The topological polar surface area (TPSA) is 104 Å². The zero-order valence-corrected chi connectivity index (χ0v) is 27.9. The summed E-state index contributed by atoms with van der Waals surface area (Å²) in [5.41, 5.74) is 0.488. The minimum atomic E-state index is -0.837. The van der Waals surface area contributed by atoms with E-state index in [1.807, 2.05) is 23.6 Å². The number of carbonyl (C=O) groups is 3. The van der Waals surface area contributed by atoms with E-state index in [4.69, 9.17) is 16.3 Å². The minimum Gasteiger partial charge on any atom is -0.408 e. The molecule has 2 atom stereocenters. The van der Waals surface area contributed by atoms with Gasteiger partial charge < -0.3 is 25.2 Å². The maximum absolute atomic E-state index is 14.5. The van der Waals surface area contributed by atoms with Crippen LogP contribution in [-0.4, -0.2) is 70.5 Å². The van der Waals surface area contributed by atoms with Gasteiger partial charge in [-0.05, 0) is 60.9 Å². The van der Waals surface area contributed by atoms with Crippen LogP contribution in [-0.2, 0) is 16.1 Å². The van der Waals surface area contributed by atoms with Crippen LogP contribution >= 0.6 is 22.9 Å². The maximum atomic E-state index is 14.5. The number of halogens is 1. The summed E-state index contributed by atoms with van der Waals surface area (Å²) >= 11 is 7.92. The number of rotatable bonds is 9. The van der Waals surface area contributed by atoms with Gasteiger partial charge in [0.2, 0.25) is 11.8 Å². The number of carbonyl (C=O) groups excluding carboxylic acids is 3. The summed E-state index contributed by atoms with van der Waals surface area (Å²) in [6.45, 7) is 0.920. The molecule has 1 saturated heterocycles. The Balaban J connectivity index is 1.21. The van der Waals surface area contributed by atoms with E-state index in [1.165, 1.54) is 43.4 Å². The normalized spacial score (nSPS) is 20.4. The van der Waals surface area contributed by atoms with Gasteiger partial charge in [-0.2, -0.15) is 0 Å². The molecule has 9 nitrogen and oxygen atoms in total. The fourth-order valence-electron chi connectivity index (χ4n) is 7.25. The number of thiophene rings is 1. The molecule has 6 rings (SSSR count). The van der Waals surface area contributed by atoms with Crippen LogP contribution in [0.25, 0.3) is 10.9 Å². The van der Waals surface area contributed by atoms with Crippen molar-refractivity contribution in [3.8, 4) is 5.75 Å². The largest absolute Gasteiger partial charge is 0.415 e. The van der Waals surface area contributed by atoms with E-state index in [0.29, 0.717) is 40.2 Å². The maximum Gasteiger partial charge on any atom is 0.415 e. The number of nitrogens with zero attached hydrogens (tertiary/aromatic N) is 3. The van der Waals surface area contributed by atoms with Crippen molar-refractivity contribution in [1.82, 2.24) is 25.4 Å². The Hall–Kier alpha value is -3.21. The molecule has 2 saturated carbocycles. The second kappa shape index (κ2) is 15.6. The van der Waals surface area contributed by atoms with Crippen LogP contribution in [0.5, 0.6) is 5.75 Å². The van der Waals surface area contributed by atoms with E-state index in [2.05, 4.69) is 15.6 Å². The molecule has 1 aliphatic heterocycles. The first-order chi connectivity index (χ1) is 22.5. The van der Waals surface area contributed by atoms with Crippen molar-refractivity contribution in [3.05, 3.63) is 57.9 Å². The summed E-state index contributed by atoms with van der Waals surface area (Å²) in [4.78, 5) is 50.5. The Bertz CT molecular complexity index is 1470. The number of ether oxygens (including phenoxy) is 1. The number of amides is 3. The molecule has 0 spiro atoms. The zero-order valence-electron chi connectivity index (χ0n) is 26.3. The van der Waals surface area contributed by atoms with Crippen molar-refractivity contribution in [3.63, 3.8) is 0 Å². The van der Waals surface area contributed by atoms with Gasteiger partial charge in [0.05, 0.1) is 24.2 Å². The molecule has 46 heavy (non-hydrogen) atoms. The molecule has 11 heteroatoms. The highest BCUT2D eigenvalue weighted by molar-refractivity contribution is 7.09. The van der Waals surface area contributed by atoms with Gasteiger partial charge in [0.15, 0.2) is 5.75 Å². The molecule has 2 aromatic heterocycles. The van der Waals surface area contributed by atoms with Crippen LogP contribution in [0.15, 0.2) is 48.0 Å². The molecular weight excluding hydrogens is 622 g/mol. The minimum absolute atomic E-state index is 0.0340. The first-order valence-corrected chi connectivity index (χ1v) is 18.1. The fourth-order valence-corrected chi connectivity index (χ4v) is 8.11. The van der Waals surface area contributed by atoms with Gasteiger partial charge in [-0.1, -0.05) is 69.0 Å². The van der Waals surface area contributed by atoms with Crippen molar-refractivity contribution in [2.24, 2.45) is 5.92 Å². The SMILES string of the molecule is O=C(NCc1cccs1)[C@@H]1CN(C(=O)Oc2ccc(Cl)c3cccnc23)CCN1C(=O)[C@@H](CC1CCCCC1)NC1CCCCC1. The van der Waals surface area contributed by atoms with E-state index >= 15 is 0 Å². The van der Waals surface area contributed by atoms with Crippen LogP contribution in [0.2, 0.25) is 5.02 Å². The Labute approximate surface area is 280 Å². The molecule has 3 heterocycles. The molecule has 3 aromatic rings. The first kappa shape index (κ1) is 32.7. The zero-order chi connectivity index (χ0) is 31.9. The highest BCUT2D eigenvalue weighted by Crippen LogP contribution is 2.31. The smallest absolute Gasteiger partial charge is 0.408 e. The quantitative estimate of drug-likeness (QED) is 0.269. The van der Waals surface area contributed by atoms with Gasteiger partial charge >= 0.3 is 6.09 Å². The molecule has 0 radical (unpaired) electrons. The van der Waals surface area contributed by atoms with Crippen molar-refractivity contribution in [2.45, 2.75) is 95.3 Å². The lowest BCUT2D eigenvalue weighted by Gasteiger charge is -2.42. The average molecular weight is 666 g/mol. The fraction of sp³-hybridized carbons (Fsp3) is 0.543. The van der Waals surface area contributed by atoms with Gasteiger partial charge in [-0.15, -0.1) is 11.3 Å². The lowest BCUT2D eigenvalue weighted by atomic mass is 9.83. The highest BCUT2D eigenvalue weighted by Gasteiger charge is 2.41. The Morgan fingerprint density at radius 3 is 2.52 bits per heavy atom. The lowest BCUT2D eigenvalue weighted by molar-refractivity contribution is -0.145. The van der Waals surface area contributed by atoms with Crippen molar-refractivity contribution in [1.29, 1.82) is 0 Å². The highest BCUT2D eigenvalue weighted by atomic mass is 35.5. The lowest BCUT2D eigenvalue weighted by Crippen LogP contribution is -2.64. The number of pyridine rings is 1. The summed E-state index contributed by atoms with van der Waals surface area (Å²) in [5.74, 6) is 0.496. The summed E-state index contributed by atoms with van der Waals surface area (Å²) in [6, 6.07) is 9.96. The number of hydrogen-bond donors (Lipinski definition) is 2. The molecule has 2 aliphatic carbocycles. The van der Waals surface area contributed by atoms with Gasteiger partial charge in [0.25, 0.3) is 0 Å². The molecule has 3 amide bonds. The van der Waals surface area contributed by atoms with E-state index < -0.39 is 12.1 Å². The van der Waals surface area contributed by atoms with Crippen LogP contribution in [0.1, 0.15) is 75.5 Å². The molecule has 2 N–H and O–H groups in total. The third-order valence-electron chi connectivity index (χ3n) is 9.75. The number of aromatic nitrogens is 1. The molecule has 1 aromatic carbocycles. The number of nitrogens with one attached hydrogen (secondary N) is 2. The Kier molecular flexibility index (Phi) is 11.1. The van der Waals surface area contributed by atoms with Crippen molar-refractivity contribution >= 4 is 51.7 Å². The van der Waals surface area contributed by atoms with Gasteiger partial charge in [-0.25, -0.2) is 4.79 Å². The third-order valence-corrected chi connectivity index (χ3v) is 11.0. The predicted molar refractivity (Wildman–Crippen MR) is 181 cm³/mol. The van der Waals surface area contributed by atoms with E-state index in [-0.39, 0.29) is 37.5 Å². The van der Waals surface area contributed by atoms with Crippen molar-refractivity contribution < 1.29 is 19.1 Å². The van der Waals surface area contributed by atoms with E-state index in [0.717, 1.165) is 37.0 Å². The third kappa shape index (κ3) is 8.01. The van der Waals surface area contributed by atoms with Crippen LogP contribution in [0.4, 0.5) is 4.79 Å². The molecular formula is C35H44ClN5O4S. The Morgan fingerprint density at radius 1 is 0.978 bits per heavy atom. The standard InChI is InChI=1S/C35H44ClN5O4S/c36-28-15-16-31(32-27(28)14-7-17-37-32)45-35(44)40-18-19-41(30(23-40)33(42)38-22-26-13-8-20-46-26)34(43)29(21-24-9-3-1-4-10-24)39-25-11-5-2-6-12-25/h7-8,13-17,20,24-25,29-30,39H,1-6,9-12,18-19,21-23H2,(H,38,42)/t29-,30+/m1/s1. The number of hydrogen-bond acceptors (Lipinski definition) is 7. The summed E-state index contributed by atoms with van der Waals surface area (Å²) in [7, 11) is 0. The summed E-state index contributed by atoms with van der Waals surface area (Å²) < 4.78 is 5.83. The van der Waals surface area contributed by atoms with Crippen LogP contribution < -0.4 is 15.4 Å². The summed E-state index contributed by atoms with van der Waals surface area (Å²) in [5, 5.41) is 9.96. The predicted octanol–water partition coefficient (Wildman–Crippen LogP) is 6.54. The summed E-state index contributed by atoms with van der Waals surface area (Å²) in [6.07, 6.45) is 13.6. The molecule has 3 fully saturated rings. The number of piperazine rings is 1. The second-order valence-electron chi connectivity index (χ2n) is 12.9.